The summed E-state index contributed by atoms with van der Waals surface area (Å²) >= 11 is 0. The summed E-state index contributed by atoms with van der Waals surface area (Å²) in [6.45, 7) is 7.40. The summed E-state index contributed by atoms with van der Waals surface area (Å²) in [5.74, 6) is 2.88. The molecular weight excluding hydrogens is 392 g/mol. The monoisotopic (exact) mass is 426 g/mol. The Morgan fingerprint density at radius 2 is 1.97 bits per heavy atom. The van der Waals surface area contributed by atoms with Gasteiger partial charge in [-0.1, -0.05) is 12.1 Å². The fraction of sp³-hybridized carbons (Fsp3) is 0.542. The second kappa shape index (κ2) is 11.2. The van der Waals surface area contributed by atoms with Crippen LogP contribution in [0.2, 0.25) is 0 Å². The van der Waals surface area contributed by atoms with E-state index in [4.69, 9.17) is 18.9 Å². The highest BCUT2D eigenvalue weighted by Gasteiger charge is 2.30. The van der Waals surface area contributed by atoms with E-state index in [1.807, 2.05) is 24.3 Å². The number of hydrogen-bond acceptors (Lipinski definition) is 5. The molecule has 7 nitrogen and oxygen atoms in total. The maximum Gasteiger partial charge on any atom is 0.194 e. The first-order chi connectivity index (χ1) is 15.3. The van der Waals surface area contributed by atoms with Crippen LogP contribution in [-0.2, 0) is 17.6 Å². The van der Waals surface area contributed by atoms with Gasteiger partial charge < -0.3 is 24.1 Å². The third-order valence-electron chi connectivity index (χ3n) is 6.08. The number of benzene rings is 1. The molecule has 1 unspecified atom stereocenters. The molecule has 0 spiro atoms. The van der Waals surface area contributed by atoms with Crippen LogP contribution in [-0.4, -0.2) is 81.4 Å². The van der Waals surface area contributed by atoms with Gasteiger partial charge in [0, 0.05) is 51.7 Å². The topological polar surface area (TPSA) is 62.5 Å². The fourth-order valence-corrected chi connectivity index (χ4v) is 4.28. The number of nitrogens with zero attached hydrogens (tertiary/aromatic N) is 3. The Balaban J connectivity index is 1.33. The Morgan fingerprint density at radius 1 is 1.13 bits per heavy atom. The Bertz CT molecular complexity index is 801. The second-order valence-corrected chi connectivity index (χ2v) is 8.10. The lowest BCUT2D eigenvalue weighted by Crippen LogP contribution is -2.47. The molecule has 1 aromatic heterocycles. The van der Waals surface area contributed by atoms with Crippen molar-refractivity contribution in [1.82, 2.24) is 15.1 Å². The van der Waals surface area contributed by atoms with Crippen LogP contribution in [0.3, 0.4) is 0 Å². The first-order valence-electron chi connectivity index (χ1n) is 11.3. The second-order valence-electron chi connectivity index (χ2n) is 8.10. The number of guanidine groups is 1. The fourth-order valence-electron chi connectivity index (χ4n) is 4.28. The van der Waals surface area contributed by atoms with E-state index in [0.29, 0.717) is 6.04 Å². The molecule has 0 amide bonds. The van der Waals surface area contributed by atoms with Crippen LogP contribution in [0, 0.1) is 0 Å². The van der Waals surface area contributed by atoms with Crippen LogP contribution in [0.5, 0.6) is 5.75 Å². The van der Waals surface area contributed by atoms with E-state index in [0.717, 1.165) is 82.8 Å². The number of ether oxygens (including phenoxy) is 2. The largest absolute Gasteiger partial charge is 0.497 e. The van der Waals surface area contributed by atoms with E-state index in [-0.39, 0.29) is 0 Å². The van der Waals surface area contributed by atoms with Crippen LogP contribution in [0.4, 0.5) is 0 Å². The molecule has 2 aromatic rings. The Hall–Kier alpha value is -2.51. The minimum absolute atomic E-state index is 0.586. The molecule has 2 aliphatic rings. The van der Waals surface area contributed by atoms with Gasteiger partial charge in [-0.3, -0.25) is 9.89 Å². The van der Waals surface area contributed by atoms with Crippen molar-refractivity contribution in [3.8, 4) is 5.75 Å². The van der Waals surface area contributed by atoms with Crippen LogP contribution < -0.4 is 10.1 Å². The lowest BCUT2D eigenvalue weighted by atomic mass is 10.1. The predicted molar refractivity (Wildman–Crippen MR) is 122 cm³/mol. The normalized spacial score (nSPS) is 20.2. The van der Waals surface area contributed by atoms with Gasteiger partial charge in [0.2, 0.25) is 0 Å². The quantitative estimate of drug-likeness (QED) is 0.517. The smallest absolute Gasteiger partial charge is 0.194 e. The molecular formula is C24H34N4O3. The molecule has 31 heavy (non-hydrogen) atoms. The van der Waals surface area contributed by atoms with Crippen molar-refractivity contribution >= 4 is 5.96 Å². The summed E-state index contributed by atoms with van der Waals surface area (Å²) < 4.78 is 16.2. The highest BCUT2D eigenvalue weighted by atomic mass is 16.5. The van der Waals surface area contributed by atoms with E-state index in [1.54, 1.807) is 13.4 Å². The van der Waals surface area contributed by atoms with Gasteiger partial charge in [0.1, 0.15) is 11.5 Å². The average molecular weight is 427 g/mol. The third-order valence-corrected chi connectivity index (χ3v) is 6.08. The zero-order valence-corrected chi connectivity index (χ0v) is 18.5. The molecule has 1 aromatic carbocycles. The van der Waals surface area contributed by atoms with Gasteiger partial charge in [0.05, 0.1) is 26.6 Å². The molecule has 1 atom stereocenters. The van der Waals surface area contributed by atoms with Gasteiger partial charge in [0.25, 0.3) is 0 Å². The number of nitrogens with one attached hydrogen (secondary N) is 1. The Morgan fingerprint density at radius 3 is 2.71 bits per heavy atom. The maximum absolute atomic E-state index is 5.52. The molecule has 0 saturated carbocycles. The Labute approximate surface area is 185 Å². The summed E-state index contributed by atoms with van der Waals surface area (Å²) in [7, 11) is 1.70. The zero-order valence-electron chi connectivity index (χ0n) is 18.5. The molecule has 7 heteroatoms. The Kier molecular flexibility index (Phi) is 7.85. The van der Waals surface area contributed by atoms with Gasteiger partial charge >= 0.3 is 0 Å². The van der Waals surface area contributed by atoms with Gasteiger partial charge in [-0.15, -0.1) is 0 Å². The number of methoxy groups -OCH3 is 1. The van der Waals surface area contributed by atoms with Crippen molar-refractivity contribution in [2.45, 2.75) is 25.3 Å². The molecule has 0 aliphatic carbocycles. The number of aliphatic imine (C=N–C) groups is 1. The van der Waals surface area contributed by atoms with Crippen LogP contribution >= 0.6 is 0 Å². The molecule has 0 radical (unpaired) electrons. The van der Waals surface area contributed by atoms with Crippen LogP contribution in [0.25, 0.3) is 0 Å². The summed E-state index contributed by atoms with van der Waals surface area (Å²) in [5.41, 5.74) is 1.29. The van der Waals surface area contributed by atoms with Crippen molar-refractivity contribution in [2.24, 2.45) is 4.99 Å². The summed E-state index contributed by atoms with van der Waals surface area (Å²) in [5, 5.41) is 3.61. The molecule has 2 saturated heterocycles. The zero-order chi connectivity index (χ0) is 21.3. The lowest BCUT2D eigenvalue weighted by Gasteiger charge is -2.32. The lowest BCUT2D eigenvalue weighted by molar-refractivity contribution is 0.0195. The van der Waals surface area contributed by atoms with Crippen molar-refractivity contribution in [3.05, 3.63) is 54.0 Å². The number of furan rings is 1. The average Bonchev–Trinajstić information content (AvgIpc) is 3.52. The van der Waals surface area contributed by atoms with Crippen LogP contribution in [0.1, 0.15) is 17.7 Å². The van der Waals surface area contributed by atoms with Crippen LogP contribution in [0.15, 0.2) is 52.1 Å². The molecule has 168 valence electrons. The molecule has 2 fully saturated rings. The number of likely N-dealkylation sites (tertiary alicyclic amines) is 1. The SMILES string of the molecule is COc1ccc(CCNC(=NCCc2ccco2)N2CCC(N3CCOCC3)C2)cc1. The van der Waals surface area contributed by atoms with Crippen molar-refractivity contribution in [3.63, 3.8) is 0 Å². The minimum atomic E-state index is 0.586. The van der Waals surface area contributed by atoms with Crippen molar-refractivity contribution < 1.29 is 13.9 Å². The predicted octanol–water partition coefficient (Wildman–Crippen LogP) is 2.43. The number of hydrogen-bond donors (Lipinski definition) is 1. The minimum Gasteiger partial charge on any atom is -0.497 e. The number of rotatable bonds is 8. The first kappa shape index (κ1) is 21.7. The molecule has 2 aliphatic heterocycles. The van der Waals surface area contributed by atoms with E-state index in [9.17, 15) is 0 Å². The van der Waals surface area contributed by atoms with Gasteiger partial charge in [-0.05, 0) is 42.7 Å². The molecule has 4 rings (SSSR count). The first-order valence-corrected chi connectivity index (χ1v) is 11.3. The van der Waals surface area contributed by atoms with Crippen molar-refractivity contribution in [2.75, 3.05) is 59.6 Å². The highest BCUT2D eigenvalue weighted by Crippen LogP contribution is 2.17. The number of morpholine rings is 1. The van der Waals surface area contributed by atoms with E-state index in [1.165, 1.54) is 12.0 Å². The van der Waals surface area contributed by atoms with E-state index >= 15 is 0 Å². The van der Waals surface area contributed by atoms with Gasteiger partial charge in [-0.2, -0.15) is 0 Å². The third kappa shape index (κ3) is 6.24. The molecule has 0 bridgehead atoms. The summed E-state index contributed by atoms with van der Waals surface area (Å²) in [4.78, 5) is 9.91. The van der Waals surface area contributed by atoms with E-state index < -0.39 is 0 Å². The summed E-state index contributed by atoms with van der Waals surface area (Å²) in [6.07, 6.45) is 4.66. The standard InChI is InChI=1S/C24H34N4O3/c1-29-22-6-4-20(5-7-22)8-11-25-24(26-12-9-23-3-2-16-31-23)28-13-10-21(19-28)27-14-17-30-18-15-27/h2-7,16,21H,8-15,17-19H2,1H3,(H,25,26). The maximum atomic E-state index is 5.52. The highest BCUT2D eigenvalue weighted by molar-refractivity contribution is 5.80. The van der Waals surface area contributed by atoms with Gasteiger partial charge in [0.15, 0.2) is 5.96 Å². The summed E-state index contributed by atoms with van der Waals surface area (Å²) in [6, 6.07) is 12.8. The van der Waals surface area contributed by atoms with Crippen molar-refractivity contribution in [1.29, 1.82) is 0 Å². The van der Waals surface area contributed by atoms with Gasteiger partial charge in [-0.25, -0.2) is 0 Å². The van der Waals surface area contributed by atoms with E-state index in [2.05, 4.69) is 27.2 Å². The molecule has 1 N–H and O–H groups in total. The molecule has 3 heterocycles.